The number of hydrogen-bond donors (Lipinski definition) is 1. The lowest BCUT2D eigenvalue weighted by atomic mass is 10.3. The highest BCUT2D eigenvalue weighted by molar-refractivity contribution is 8.00. The van der Waals surface area contributed by atoms with Crippen molar-refractivity contribution >= 4 is 29.0 Å². The van der Waals surface area contributed by atoms with Gasteiger partial charge in [0.2, 0.25) is 5.91 Å². The van der Waals surface area contributed by atoms with Gasteiger partial charge in [-0.1, -0.05) is 17.8 Å². The van der Waals surface area contributed by atoms with Crippen LogP contribution in [0.5, 0.6) is 0 Å². The van der Waals surface area contributed by atoms with E-state index in [2.05, 4.69) is 26.2 Å². The highest BCUT2D eigenvalue weighted by atomic mass is 32.2. The largest absolute Gasteiger partial charge is 0.369 e. The molecule has 0 spiro atoms. The van der Waals surface area contributed by atoms with Gasteiger partial charge in [0.05, 0.1) is 5.25 Å². The molecule has 1 aliphatic rings. The van der Waals surface area contributed by atoms with Gasteiger partial charge in [0, 0.05) is 17.3 Å². The van der Waals surface area contributed by atoms with Gasteiger partial charge >= 0.3 is 0 Å². The molecule has 1 saturated carbocycles. The standard InChI is InChI=1S/C13H16N4OS2/c1-8(12(14)18)20-13-16-15-11(17(13)9-4-5-9)7-10-3-2-6-19-10/h2-3,6,8-9H,4-5,7H2,1H3,(H2,14,18)/t8-/m1/s1. The minimum Gasteiger partial charge on any atom is -0.369 e. The Bertz CT molecular complexity index is 604. The lowest BCUT2D eigenvalue weighted by molar-refractivity contribution is -0.117. The molecular weight excluding hydrogens is 292 g/mol. The van der Waals surface area contributed by atoms with Crippen LogP contribution in [0.2, 0.25) is 0 Å². The summed E-state index contributed by atoms with van der Waals surface area (Å²) >= 11 is 3.12. The maximum absolute atomic E-state index is 11.2. The number of amides is 1. The van der Waals surface area contributed by atoms with Gasteiger partial charge in [0.25, 0.3) is 0 Å². The van der Waals surface area contributed by atoms with Gasteiger partial charge in [-0.15, -0.1) is 21.5 Å². The van der Waals surface area contributed by atoms with Crippen LogP contribution in [0.3, 0.4) is 0 Å². The van der Waals surface area contributed by atoms with E-state index >= 15 is 0 Å². The second-order valence-corrected chi connectivity index (χ2v) is 7.26. The molecule has 1 atom stereocenters. The molecule has 1 amide bonds. The SMILES string of the molecule is C[C@@H](Sc1nnc(Cc2cccs2)n1C1CC1)C(N)=O. The molecule has 7 heteroatoms. The maximum Gasteiger partial charge on any atom is 0.230 e. The summed E-state index contributed by atoms with van der Waals surface area (Å²) < 4.78 is 2.18. The topological polar surface area (TPSA) is 73.8 Å². The summed E-state index contributed by atoms with van der Waals surface area (Å²) in [6, 6.07) is 4.64. The molecule has 0 aromatic carbocycles. The van der Waals surface area contributed by atoms with E-state index in [0.717, 1.165) is 30.2 Å². The normalized spacial score (nSPS) is 16.2. The molecule has 0 aliphatic heterocycles. The number of carbonyl (C=O) groups is 1. The third-order valence-corrected chi connectivity index (χ3v) is 5.19. The fraction of sp³-hybridized carbons (Fsp3) is 0.462. The number of thioether (sulfide) groups is 1. The van der Waals surface area contributed by atoms with Crippen molar-refractivity contribution < 1.29 is 4.79 Å². The smallest absolute Gasteiger partial charge is 0.230 e. The molecule has 5 nitrogen and oxygen atoms in total. The minimum atomic E-state index is -0.319. The van der Waals surface area contributed by atoms with Crippen molar-refractivity contribution in [3.8, 4) is 0 Å². The van der Waals surface area contributed by atoms with Crippen LogP contribution < -0.4 is 5.73 Å². The number of nitrogens with two attached hydrogens (primary N) is 1. The van der Waals surface area contributed by atoms with Crippen LogP contribution in [0.1, 0.15) is 36.5 Å². The fourth-order valence-corrected chi connectivity index (χ4v) is 3.58. The van der Waals surface area contributed by atoms with Crippen molar-refractivity contribution in [1.82, 2.24) is 14.8 Å². The molecule has 1 aliphatic carbocycles. The van der Waals surface area contributed by atoms with E-state index in [1.807, 2.05) is 6.07 Å². The molecule has 2 heterocycles. The van der Waals surface area contributed by atoms with Crippen LogP contribution in [-0.2, 0) is 11.2 Å². The molecule has 3 rings (SSSR count). The molecule has 1 fully saturated rings. The van der Waals surface area contributed by atoms with Crippen molar-refractivity contribution in [2.24, 2.45) is 5.73 Å². The molecule has 0 radical (unpaired) electrons. The second kappa shape index (κ2) is 5.57. The second-order valence-electron chi connectivity index (χ2n) is 4.92. The summed E-state index contributed by atoms with van der Waals surface area (Å²) in [7, 11) is 0. The van der Waals surface area contributed by atoms with E-state index in [-0.39, 0.29) is 11.2 Å². The van der Waals surface area contributed by atoms with Crippen LogP contribution in [0.15, 0.2) is 22.7 Å². The van der Waals surface area contributed by atoms with Crippen LogP contribution >= 0.6 is 23.1 Å². The Morgan fingerprint density at radius 1 is 1.60 bits per heavy atom. The van der Waals surface area contributed by atoms with E-state index in [4.69, 9.17) is 5.73 Å². The zero-order valence-electron chi connectivity index (χ0n) is 11.2. The van der Waals surface area contributed by atoms with Crippen LogP contribution in [0, 0.1) is 0 Å². The number of aromatic nitrogens is 3. The van der Waals surface area contributed by atoms with Gasteiger partial charge in [0.15, 0.2) is 5.16 Å². The first-order chi connectivity index (χ1) is 9.65. The lowest BCUT2D eigenvalue weighted by Crippen LogP contribution is -2.23. The summed E-state index contributed by atoms with van der Waals surface area (Å²) in [5, 5.41) is 11.2. The number of nitrogens with zero attached hydrogens (tertiary/aromatic N) is 3. The molecule has 2 N–H and O–H groups in total. The summed E-state index contributed by atoms with van der Waals surface area (Å²) in [4.78, 5) is 12.5. The number of carbonyl (C=O) groups excluding carboxylic acids is 1. The van der Waals surface area contributed by atoms with Crippen molar-refractivity contribution in [2.45, 2.75) is 42.6 Å². The Morgan fingerprint density at radius 3 is 3.00 bits per heavy atom. The Balaban J connectivity index is 1.84. The number of rotatable bonds is 6. The third kappa shape index (κ3) is 2.88. The van der Waals surface area contributed by atoms with Crippen molar-refractivity contribution in [3.05, 3.63) is 28.2 Å². The van der Waals surface area contributed by atoms with Gasteiger partial charge in [-0.3, -0.25) is 4.79 Å². The van der Waals surface area contributed by atoms with Crippen molar-refractivity contribution in [3.63, 3.8) is 0 Å². The van der Waals surface area contributed by atoms with E-state index in [1.54, 1.807) is 18.3 Å². The number of primary amides is 1. The van der Waals surface area contributed by atoms with Gasteiger partial charge in [0.1, 0.15) is 5.82 Å². The van der Waals surface area contributed by atoms with Crippen LogP contribution in [-0.4, -0.2) is 25.9 Å². The Morgan fingerprint density at radius 2 is 2.40 bits per heavy atom. The maximum atomic E-state index is 11.2. The van der Waals surface area contributed by atoms with E-state index in [9.17, 15) is 4.79 Å². The first-order valence-electron chi connectivity index (χ1n) is 6.57. The predicted octanol–water partition coefficient (Wildman–Crippen LogP) is 2.23. The molecule has 106 valence electrons. The van der Waals surface area contributed by atoms with E-state index < -0.39 is 0 Å². The van der Waals surface area contributed by atoms with Crippen LogP contribution in [0.25, 0.3) is 0 Å². The number of hydrogen-bond acceptors (Lipinski definition) is 5. The molecule has 20 heavy (non-hydrogen) atoms. The molecular formula is C13H16N4OS2. The quantitative estimate of drug-likeness (QED) is 0.831. The Labute approximate surface area is 125 Å². The monoisotopic (exact) mass is 308 g/mol. The Kier molecular flexibility index (Phi) is 3.80. The minimum absolute atomic E-state index is 0.286. The van der Waals surface area contributed by atoms with Crippen molar-refractivity contribution in [1.29, 1.82) is 0 Å². The molecule has 2 aromatic heterocycles. The zero-order chi connectivity index (χ0) is 14.1. The van der Waals surface area contributed by atoms with Gasteiger partial charge in [-0.25, -0.2) is 0 Å². The molecule has 0 saturated heterocycles. The Hall–Kier alpha value is -1.34. The first-order valence-corrected chi connectivity index (χ1v) is 8.33. The van der Waals surface area contributed by atoms with E-state index in [1.165, 1.54) is 16.6 Å². The average molecular weight is 308 g/mol. The number of thiophene rings is 1. The fourth-order valence-electron chi connectivity index (χ4n) is 1.99. The highest BCUT2D eigenvalue weighted by Gasteiger charge is 2.30. The summed E-state index contributed by atoms with van der Waals surface area (Å²) in [5.74, 6) is 0.661. The summed E-state index contributed by atoms with van der Waals surface area (Å²) in [6.45, 7) is 1.80. The first kappa shape index (κ1) is 13.6. The van der Waals surface area contributed by atoms with E-state index in [0.29, 0.717) is 6.04 Å². The average Bonchev–Trinajstić information content (AvgIpc) is 2.97. The van der Waals surface area contributed by atoms with Gasteiger partial charge in [-0.2, -0.15) is 0 Å². The van der Waals surface area contributed by atoms with Crippen molar-refractivity contribution in [2.75, 3.05) is 0 Å². The van der Waals surface area contributed by atoms with Gasteiger partial charge in [-0.05, 0) is 31.2 Å². The highest BCUT2D eigenvalue weighted by Crippen LogP contribution is 2.39. The summed E-state index contributed by atoms with van der Waals surface area (Å²) in [6.07, 6.45) is 3.12. The summed E-state index contributed by atoms with van der Waals surface area (Å²) in [5.41, 5.74) is 5.33. The third-order valence-electron chi connectivity index (χ3n) is 3.24. The zero-order valence-corrected chi connectivity index (χ0v) is 12.8. The molecule has 2 aromatic rings. The molecule has 0 bridgehead atoms. The lowest BCUT2D eigenvalue weighted by Gasteiger charge is -2.10. The van der Waals surface area contributed by atoms with Crippen LogP contribution in [0.4, 0.5) is 0 Å². The van der Waals surface area contributed by atoms with Gasteiger partial charge < -0.3 is 10.3 Å². The molecule has 0 unspecified atom stereocenters. The predicted molar refractivity (Wildman–Crippen MR) is 79.9 cm³/mol.